The molecule has 0 spiro atoms. The normalized spacial score (nSPS) is 22.9. The largest absolute Gasteiger partial charge is 0.359 e. The summed E-state index contributed by atoms with van der Waals surface area (Å²) in [4.78, 5) is 4.64. The molecule has 1 fully saturated rings. The molecule has 22 heavy (non-hydrogen) atoms. The van der Waals surface area contributed by atoms with Crippen molar-refractivity contribution >= 4 is 5.96 Å². The molecule has 2 atom stereocenters. The highest BCUT2D eigenvalue weighted by molar-refractivity contribution is 5.80. The van der Waals surface area contributed by atoms with Gasteiger partial charge in [0.25, 0.3) is 0 Å². The van der Waals surface area contributed by atoms with Crippen molar-refractivity contribution < 1.29 is 4.52 Å². The third kappa shape index (κ3) is 5.04. The number of hydrogen-bond donors (Lipinski definition) is 2. The standard InChI is InChI=1S/C17H30N4O/c1-5-18-17(20-14-8-6-7-13(4)9-14)19-11-15-10-16(12(2)3)21-22-15/h10,12-14H,5-9,11H2,1-4H3,(H2,18,19,20). The fraction of sp³-hybridized carbons (Fsp3) is 0.765. The van der Waals surface area contributed by atoms with E-state index in [-0.39, 0.29) is 0 Å². The Labute approximate surface area is 133 Å². The van der Waals surface area contributed by atoms with E-state index < -0.39 is 0 Å². The Morgan fingerprint density at radius 3 is 2.91 bits per heavy atom. The van der Waals surface area contributed by atoms with Gasteiger partial charge < -0.3 is 15.2 Å². The third-order valence-corrected chi connectivity index (χ3v) is 4.18. The number of nitrogens with one attached hydrogen (secondary N) is 2. The molecule has 1 saturated carbocycles. The third-order valence-electron chi connectivity index (χ3n) is 4.18. The molecule has 2 unspecified atom stereocenters. The fourth-order valence-corrected chi connectivity index (χ4v) is 2.91. The molecule has 5 heteroatoms. The van der Waals surface area contributed by atoms with Crippen LogP contribution in [0.1, 0.15) is 70.8 Å². The van der Waals surface area contributed by atoms with Crippen molar-refractivity contribution in [2.45, 2.75) is 71.9 Å². The summed E-state index contributed by atoms with van der Waals surface area (Å²) in [7, 11) is 0. The molecule has 0 bridgehead atoms. The molecule has 1 aromatic heterocycles. The predicted octanol–water partition coefficient (Wildman–Crippen LogP) is 3.43. The van der Waals surface area contributed by atoms with Crippen molar-refractivity contribution in [1.82, 2.24) is 15.8 Å². The van der Waals surface area contributed by atoms with Gasteiger partial charge >= 0.3 is 0 Å². The van der Waals surface area contributed by atoms with E-state index in [2.05, 4.69) is 48.5 Å². The summed E-state index contributed by atoms with van der Waals surface area (Å²) < 4.78 is 5.35. The van der Waals surface area contributed by atoms with Crippen LogP contribution in [0.4, 0.5) is 0 Å². The molecule has 1 aromatic rings. The lowest BCUT2D eigenvalue weighted by Crippen LogP contribution is -2.45. The van der Waals surface area contributed by atoms with Gasteiger partial charge in [0.2, 0.25) is 0 Å². The second-order valence-corrected chi connectivity index (χ2v) is 6.68. The number of aliphatic imine (C=N–C) groups is 1. The minimum atomic E-state index is 0.386. The smallest absolute Gasteiger partial charge is 0.191 e. The van der Waals surface area contributed by atoms with E-state index in [4.69, 9.17) is 4.52 Å². The van der Waals surface area contributed by atoms with E-state index in [9.17, 15) is 0 Å². The fourth-order valence-electron chi connectivity index (χ4n) is 2.91. The van der Waals surface area contributed by atoms with Gasteiger partial charge in [-0.2, -0.15) is 0 Å². The molecular weight excluding hydrogens is 276 g/mol. The molecule has 0 aliphatic heterocycles. The Kier molecular flexibility index (Phi) is 6.28. The van der Waals surface area contributed by atoms with Crippen LogP contribution in [-0.2, 0) is 6.54 Å². The van der Waals surface area contributed by atoms with Gasteiger partial charge in [0.05, 0.1) is 5.69 Å². The van der Waals surface area contributed by atoms with Crippen LogP contribution >= 0.6 is 0 Å². The summed E-state index contributed by atoms with van der Waals surface area (Å²) in [5.41, 5.74) is 0.990. The van der Waals surface area contributed by atoms with Gasteiger partial charge in [0.15, 0.2) is 11.7 Å². The zero-order valence-corrected chi connectivity index (χ0v) is 14.4. The summed E-state index contributed by atoms with van der Waals surface area (Å²) in [6.07, 6.45) is 5.11. The second-order valence-electron chi connectivity index (χ2n) is 6.68. The molecule has 1 aliphatic rings. The van der Waals surface area contributed by atoms with E-state index in [1.54, 1.807) is 0 Å². The number of guanidine groups is 1. The Morgan fingerprint density at radius 2 is 2.27 bits per heavy atom. The summed E-state index contributed by atoms with van der Waals surface area (Å²) in [5, 5.41) is 11.0. The number of aromatic nitrogens is 1. The molecular formula is C17H30N4O. The Balaban J connectivity index is 1.93. The first-order valence-electron chi connectivity index (χ1n) is 8.58. The predicted molar refractivity (Wildman–Crippen MR) is 90.0 cm³/mol. The molecule has 0 saturated heterocycles. The summed E-state index contributed by atoms with van der Waals surface area (Å²) in [5.74, 6) is 2.88. The van der Waals surface area contributed by atoms with E-state index in [1.165, 1.54) is 25.7 Å². The van der Waals surface area contributed by atoms with Crippen LogP contribution in [0.5, 0.6) is 0 Å². The van der Waals surface area contributed by atoms with Crippen LogP contribution in [-0.4, -0.2) is 23.7 Å². The van der Waals surface area contributed by atoms with Crippen molar-refractivity contribution in [3.05, 3.63) is 17.5 Å². The number of rotatable bonds is 5. The molecule has 2 rings (SSSR count). The molecule has 0 amide bonds. The lowest BCUT2D eigenvalue weighted by molar-refractivity contribution is 0.324. The average molecular weight is 306 g/mol. The van der Waals surface area contributed by atoms with E-state index in [1.807, 2.05) is 6.07 Å². The van der Waals surface area contributed by atoms with Crippen molar-refractivity contribution in [2.24, 2.45) is 10.9 Å². The molecule has 1 aliphatic carbocycles. The van der Waals surface area contributed by atoms with E-state index in [0.717, 1.165) is 29.9 Å². The maximum absolute atomic E-state index is 5.35. The molecule has 124 valence electrons. The second kappa shape index (κ2) is 8.20. The lowest BCUT2D eigenvalue weighted by Gasteiger charge is -2.28. The van der Waals surface area contributed by atoms with Gasteiger partial charge in [-0.3, -0.25) is 0 Å². The highest BCUT2D eigenvalue weighted by Crippen LogP contribution is 2.23. The maximum Gasteiger partial charge on any atom is 0.191 e. The zero-order valence-electron chi connectivity index (χ0n) is 14.4. The van der Waals surface area contributed by atoms with Crippen LogP contribution in [0.2, 0.25) is 0 Å². The first-order chi connectivity index (χ1) is 10.6. The minimum absolute atomic E-state index is 0.386. The van der Waals surface area contributed by atoms with Crippen LogP contribution in [0.25, 0.3) is 0 Å². The zero-order chi connectivity index (χ0) is 15.9. The summed E-state index contributed by atoms with van der Waals surface area (Å²) >= 11 is 0. The van der Waals surface area contributed by atoms with Gasteiger partial charge in [-0.1, -0.05) is 38.8 Å². The van der Waals surface area contributed by atoms with E-state index in [0.29, 0.717) is 18.5 Å². The average Bonchev–Trinajstić information content (AvgIpc) is 2.94. The number of nitrogens with zero attached hydrogens (tertiary/aromatic N) is 2. The molecule has 5 nitrogen and oxygen atoms in total. The van der Waals surface area contributed by atoms with Gasteiger partial charge in [0.1, 0.15) is 6.54 Å². The Morgan fingerprint density at radius 1 is 1.45 bits per heavy atom. The molecule has 1 heterocycles. The SMILES string of the molecule is CCNC(=NCc1cc(C(C)C)no1)NC1CCCC(C)C1. The topological polar surface area (TPSA) is 62.5 Å². The van der Waals surface area contributed by atoms with Crippen LogP contribution in [0, 0.1) is 5.92 Å². The first-order valence-corrected chi connectivity index (χ1v) is 8.58. The first kappa shape index (κ1) is 16.8. The highest BCUT2D eigenvalue weighted by atomic mass is 16.5. The van der Waals surface area contributed by atoms with Crippen molar-refractivity contribution in [1.29, 1.82) is 0 Å². The van der Waals surface area contributed by atoms with Crippen molar-refractivity contribution in [3.63, 3.8) is 0 Å². The van der Waals surface area contributed by atoms with Crippen LogP contribution < -0.4 is 10.6 Å². The maximum atomic E-state index is 5.35. The molecule has 2 N–H and O–H groups in total. The number of hydrogen-bond acceptors (Lipinski definition) is 3. The summed E-state index contributed by atoms with van der Waals surface area (Å²) in [6.45, 7) is 10.0. The quantitative estimate of drug-likeness (QED) is 0.646. The highest BCUT2D eigenvalue weighted by Gasteiger charge is 2.19. The summed E-state index contributed by atoms with van der Waals surface area (Å²) in [6, 6.07) is 2.53. The Hall–Kier alpha value is -1.52. The van der Waals surface area contributed by atoms with Gasteiger partial charge in [-0.05, 0) is 31.6 Å². The van der Waals surface area contributed by atoms with Gasteiger partial charge in [-0.15, -0.1) is 0 Å². The van der Waals surface area contributed by atoms with Gasteiger partial charge in [-0.25, -0.2) is 4.99 Å². The molecule has 0 aromatic carbocycles. The minimum Gasteiger partial charge on any atom is -0.359 e. The van der Waals surface area contributed by atoms with Crippen LogP contribution in [0.15, 0.2) is 15.6 Å². The van der Waals surface area contributed by atoms with E-state index >= 15 is 0 Å². The van der Waals surface area contributed by atoms with Crippen molar-refractivity contribution in [2.75, 3.05) is 6.54 Å². The molecule has 0 radical (unpaired) electrons. The monoisotopic (exact) mass is 306 g/mol. The van der Waals surface area contributed by atoms with Crippen molar-refractivity contribution in [3.8, 4) is 0 Å². The van der Waals surface area contributed by atoms with Gasteiger partial charge in [0, 0.05) is 18.7 Å². The Bertz CT molecular complexity index is 481. The lowest BCUT2D eigenvalue weighted by atomic mass is 9.87. The van der Waals surface area contributed by atoms with Crippen LogP contribution in [0.3, 0.4) is 0 Å².